The summed E-state index contributed by atoms with van der Waals surface area (Å²) in [6.45, 7) is 8.80. The van der Waals surface area contributed by atoms with E-state index in [4.69, 9.17) is 0 Å². The highest BCUT2D eigenvalue weighted by Gasteiger charge is 2.53. The van der Waals surface area contributed by atoms with Gasteiger partial charge >= 0.3 is 0 Å². The maximum atomic E-state index is 9.90. The van der Waals surface area contributed by atoms with Gasteiger partial charge in [0.2, 0.25) is 0 Å². The van der Waals surface area contributed by atoms with Gasteiger partial charge in [-0.05, 0) is 30.1 Å². The first kappa shape index (κ1) is 11.0. The van der Waals surface area contributed by atoms with Gasteiger partial charge in [0.05, 0.1) is 6.10 Å². The minimum absolute atomic E-state index is 0.0677. The van der Waals surface area contributed by atoms with Gasteiger partial charge in [-0.2, -0.15) is 0 Å². The molecule has 0 saturated heterocycles. The van der Waals surface area contributed by atoms with Crippen molar-refractivity contribution in [2.24, 2.45) is 17.3 Å². The zero-order valence-corrected chi connectivity index (χ0v) is 9.51. The van der Waals surface area contributed by atoms with Crippen LogP contribution in [-0.4, -0.2) is 11.2 Å². The Balaban J connectivity index is 2.34. The number of hydrogen-bond donors (Lipinski definition) is 1. The predicted octanol–water partition coefficient (Wildman–Crippen LogP) is 3.22. The highest BCUT2D eigenvalue weighted by atomic mass is 16.3. The second-order valence-electron chi connectivity index (χ2n) is 5.30. The Hall–Kier alpha value is -0.0400. The van der Waals surface area contributed by atoms with Crippen LogP contribution in [0.5, 0.6) is 0 Å². The van der Waals surface area contributed by atoms with E-state index in [0.29, 0.717) is 17.3 Å². The van der Waals surface area contributed by atoms with Crippen LogP contribution in [0.15, 0.2) is 0 Å². The summed E-state index contributed by atoms with van der Waals surface area (Å²) in [6.07, 6.45) is 5.07. The molecule has 0 heterocycles. The van der Waals surface area contributed by atoms with E-state index in [1.165, 1.54) is 25.7 Å². The van der Waals surface area contributed by atoms with E-state index in [9.17, 15) is 5.11 Å². The highest BCUT2D eigenvalue weighted by molar-refractivity contribution is 5.02. The zero-order chi connectivity index (χ0) is 10.1. The first-order valence-electron chi connectivity index (χ1n) is 5.69. The molecule has 0 unspecified atom stereocenters. The molecule has 0 bridgehead atoms. The standard InChI is InChI=1S/C12H24O/c1-5-6-7-12(4)8-10(12)11(13)9(2)3/h9-11,13H,5-8H2,1-4H3/t10-,11+,12+/m0/s1. The molecule has 1 nitrogen and oxygen atoms in total. The molecule has 0 aliphatic heterocycles. The van der Waals surface area contributed by atoms with E-state index in [1.54, 1.807) is 0 Å². The Bertz CT molecular complexity index is 165. The van der Waals surface area contributed by atoms with Crippen LogP contribution in [0, 0.1) is 17.3 Å². The Labute approximate surface area is 82.5 Å². The fourth-order valence-electron chi connectivity index (χ4n) is 2.31. The van der Waals surface area contributed by atoms with E-state index < -0.39 is 0 Å². The van der Waals surface area contributed by atoms with E-state index in [2.05, 4.69) is 27.7 Å². The van der Waals surface area contributed by atoms with Gasteiger partial charge in [-0.25, -0.2) is 0 Å². The van der Waals surface area contributed by atoms with Crippen LogP contribution in [0.4, 0.5) is 0 Å². The van der Waals surface area contributed by atoms with Crippen LogP contribution in [0.2, 0.25) is 0 Å². The largest absolute Gasteiger partial charge is 0.393 e. The molecule has 1 fully saturated rings. The summed E-state index contributed by atoms with van der Waals surface area (Å²) in [7, 11) is 0. The molecule has 0 radical (unpaired) electrons. The smallest absolute Gasteiger partial charge is 0.0596 e. The average Bonchev–Trinajstić information content (AvgIpc) is 2.74. The Kier molecular flexibility index (Phi) is 3.39. The molecular formula is C12H24O. The summed E-state index contributed by atoms with van der Waals surface area (Å²) in [4.78, 5) is 0. The summed E-state index contributed by atoms with van der Waals surface area (Å²) in [5, 5.41) is 9.90. The first-order valence-corrected chi connectivity index (χ1v) is 5.69. The molecule has 0 amide bonds. The summed E-state index contributed by atoms with van der Waals surface area (Å²) in [5.41, 5.74) is 0.472. The van der Waals surface area contributed by atoms with Gasteiger partial charge in [-0.15, -0.1) is 0 Å². The van der Waals surface area contributed by atoms with E-state index in [1.807, 2.05) is 0 Å². The Morgan fingerprint density at radius 2 is 2.08 bits per heavy atom. The van der Waals surface area contributed by atoms with Crippen LogP contribution in [-0.2, 0) is 0 Å². The van der Waals surface area contributed by atoms with Gasteiger partial charge in [0, 0.05) is 0 Å². The molecule has 1 aliphatic rings. The van der Waals surface area contributed by atoms with E-state index in [-0.39, 0.29) is 6.10 Å². The lowest BCUT2D eigenvalue weighted by Crippen LogP contribution is -2.20. The van der Waals surface area contributed by atoms with Gasteiger partial charge in [0.1, 0.15) is 0 Å². The summed E-state index contributed by atoms with van der Waals surface area (Å²) in [6, 6.07) is 0. The van der Waals surface area contributed by atoms with E-state index >= 15 is 0 Å². The van der Waals surface area contributed by atoms with Crippen LogP contribution < -0.4 is 0 Å². The maximum absolute atomic E-state index is 9.90. The maximum Gasteiger partial charge on any atom is 0.0596 e. The summed E-state index contributed by atoms with van der Waals surface area (Å²) < 4.78 is 0. The van der Waals surface area contributed by atoms with Crippen molar-refractivity contribution in [2.45, 2.75) is 59.5 Å². The number of aliphatic hydroxyl groups excluding tert-OH is 1. The van der Waals surface area contributed by atoms with Crippen LogP contribution in [0.3, 0.4) is 0 Å². The normalized spacial score (nSPS) is 35.1. The van der Waals surface area contributed by atoms with Crippen molar-refractivity contribution in [1.29, 1.82) is 0 Å². The molecule has 1 heteroatoms. The van der Waals surface area contributed by atoms with Crippen molar-refractivity contribution in [1.82, 2.24) is 0 Å². The van der Waals surface area contributed by atoms with Gasteiger partial charge in [-0.1, -0.05) is 40.5 Å². The highest BCUT2D eigenvalue weighted by Crippen LogP contribution is 2.58. The summed E-state index contributed by atoms with van der Waals surface area (Å²) in [5.74, 6) is 1.01. The lowest BCUT2D eigenvalue weighted by molar-refractivity contribution is 0.0872. The molecule has 78 valence electrons. The van der Waals surface area contributed by atoms with Crippen molar-refractivity contribution in [3.63, 3.8) is 0 Å². The van der Waals surface area contributed by atoms with Crippen molar-refractivity contribution in [2.75, 3.05) is 0 Å². The third-order valence-corrected chi connectivity index (χ3v) is 3.62. The number of hydrogen-bond acceptors (Lipinski definition) is 1. The fraction of sp³-hybridized carbons (Fsp3) is 1.00. The van der Waals surface area contributed by atoms with Crippen LogP contribution >= 0.6 is 0 Å². The summed E-state index contributed by atoms with van der Waals surface area (Å²) >= 11 is 0. The molecule has 1 rings (SSSR count). The third-order valence-electron chi connectivity index (χ3n) is 3.62. The lowest BCUT2D eigenvalue weighted by Gasteiger charge is -2.18. The van der Waals surface area contributed by atoms with Crippen LogP contribution in [0.1, 0.15) is 53.4 Å². The zero-order valence-electron chi connectivity index (χ0n) is 9.51. The molecule has 13 heavy (non-hydrogen) atoms. The predicted molar refractivity (Wildman–Crippen MR) is 56.6 cm³/mol. The molecule has 0 aromatic carbocycles. The first-order chi connectivity index (χ1) is 6.01. The number of aliphatic hydroxyl groups is 1. The Morgan fingerprint density at radius 3 is 2.54 bits per heavy atom. The molecule has 0 spiro atoms. The van der Waals surface area contributed by atoms with Gasteiger partial charge in [0.25, 0.3) is 0 Å². The molecule has 3 atom stereocenters. The molecular weight excluding hydrogens is 160 g/mol. The van der Waals surface area contributed by atoms with Crippen molar-refractivity contribution >= 4 is 0 Å². The second-order valence-corrected chi connectivity index (χ2v) is 5.30. The second kappa shape index (κ2) is 4.00. The van der Waals surface area contributed by atoms with Gasteiger partial charge in [-0.3, -0.25) is 0 Å². The molecule has 1 aliphatic carbocycles. The minimum atomic E-state index is -0.0677. The van der Waals surface area contributed by atoms with Crippen LogP contribution in [0.25, 0.3) is 0 Å². The quantitative estimate of drug-likeness (QED) is 0.695. The topological polar surface area (TPSA) is 20.2 Å². The minimum Gasteiger partial charge on any atom is -0.393 e. The van der Waals surface area contributed by atoms with Crippen molar-refractivity contribution < 1.29 is 5.11 Å². The number of unbranched alkanes of at least 4 members (excludes halogenated alkanes) is 1. The molecule has 1 saturated carbocycles. The lowest BCUT2D eigenvalue weighted by atomic mass is 9.92. The average molecular weight is 184 g/mol. The van der Waals surface area contributed by atoms with Crippen molar-refractivity contribution in [3.05, 3.63) is 0 Å². The van der Waals surface area contributed by atoms with Crippen molar-refractivity contribution in [3.8, 4) is 0 Å². The SMILES string of the molecule is CCCC[C@]1(C)C[C@H]1[C@H](O)C(C)C. The number of rotatable bonds is 5. The van der Waals surface area contributed by atoms with Gasteiger partial charge in [0.15, 0.2) is 0 Å². The fourth-order valence-corrected chi connectivity index (χ4v) is 2.31. The monoisotopic (exact) mass is 184 g/mol. The molecule has 1 N–H and O–H groups in total. The third kappa shape index (κ3) is 2.46. The van der Waals surface area contributed by atoms with Gasteiger partial charge < -0.3 is 5.11 Å². The molecule has 0 aromatic heterocycles. The molecule has 0 aromatic rings. The Morgan fingerprint density at radius 1 is 1.46 bits per heavy atom. The van der Waals surface area contributed by atoms with E-state index in [0.717, 1.165) is 0 Å².